The summed E-state index contributed by atoms with van der Waals surface area (Å²) in [5.41, 5.74) is 2.67. The van der Waals surface area contributed by atoms with Crippen LogP contribution in [0.3, 0.4) is 0 Å². The van der Waals surface area contributed by atoms with E-state index in [1.165, 1.54) is 6.07 Å². The van der Waals surface area contributed by atoms with Crippen molar-refractivity contribution in [3.63, 3.8) is 0 Å². The summed E-state index contributed by atoms with van der Waals surface area (Å²) in [6.07, 6.45) is 3.34. The second-order valence-corrected chi connectivity index (χ2v) is 6.47. The Hall–Kier alpha value is -2.70. The van der Waals surface area contributed by atoms with Crippen LogP contribution < -0.4 is 5.32 Å². The zero-order valence-electron chi connectivity index (χ0n) is 13.4. The summed E-state index contributed by atoms with van der Waals surface area (Å²) in [4.78, 5) is 20.0. The summed E-state index contributed by atoms with van der Waals surface area (Å²) in [5, 5.41) is 13.0. The Kier molecular flexibility index (Phi) is 5.65. The molecule has 0 aliphatic heterocycles. The van der Waals surface area contributed by atoms with Crippen LogP contribution in [-0.2, 0) is 0 Å². The van der Waals surface area contributed by atoms with Crippen molar-refractivity contribution >= 4 is 56.8 Å². The summed E-state index contributed by atoms with van der Waals surface area (Å²) in [6.45, 7) is 0. The van der Waals surface area contributed by atoms with E-state index < -0.39 is 5.97 Å². The van der Waals surface area contributed by atoms with Crippen molar-refractivity contribution in [1.82, 2.24) is 4.98 Å². The molecule has 5 nitrogen and oxygen atoms in total. The minimum atomic E-state index is -1.01. The van der Waals surface area contributed by atoms with Crippen molar-refractivity contribution in [2.24, 2.45) is 4.99 Å². The highest BCUT2D eigenvalue weighted by Gasteiger charge is 2.11. The fourth-order valence-electron chi connectivity index (χ4n) is 2.27. The number of benzene rings is 2. The number of carbonyl (C=O) groups is 1. The number of carboxylic acids is 1. The molecule has 0 radical (unpaired) electrons. The Morgan fingerprint density at radius 2 is 1.96 bits per heavy atom. The lowest BCUT2D eigenvalue weighted by Crippen LogP contribution is -2.02. The van der Waals surface area contributed by atoms with Gasteiger partial charge in [0.2, 0.25) is 0 Å². The van der Waals surface area contributed by atoms with Crippen molar-refractivity contribution in [2.75, 3.05) is 5.32 Å². The van der Waals surface area contributed by atoms with E-state index in [1.807, 2.05) is 12.1 Å². The molecule has 0 unspecified atom stereocenters. The van der Waals surface area contributed by atoms with Gasteiger partial charge in [-0.25, -0.2) is 9.78 Å². The molecule has 0 fully saturated rings. The first-order valence-electron chi connectivity index (χ1n) is 7.58. The van der Waals surface area contributed by atoms with Gasteiger partial charge in [0.05, 0.1) is 22.6 Å². The van der Waals surface area contributed by atoms with Crippen LogP contribution in [0.1, 0.15) is 15.9 Å². The van der Waals surface area contributed by atoms with Crippen molar-refractivity contribution in [3.8, 4) is 0 Å². The van der Waals surface area contributed by atoms with E-state index in [4.69, 9.17) is 11.6 Å². The molecule has 2 N–H and O–H groups in total. The maximum absolute atomic E-state index is 11.4. The standard InChI is InChI=1S/C19H13BrClN3O2/c20-18-12(4-3-9-22-18)11-23-17-10-13(21)7-8-16(17)24-15-6-2-1-5-14(15)19(25)26/h1-11,24H,(H,25,26). The number of anilines is 2. The van der Waals surface area contributed by atoms with Crippen LogP contribution in [0.2, 0.25) is 5.02 Å². The number of pyridine rings is 1. The van der Waals surface area contributed by atoms with Crippen LogP contribution in [0.5, 0.6) is 0 Å². The van der Waals surface area contributed by atoms with Gasteiger partial charge in [0.15, 0.2) is 0 Å². The zero-order valence-corrected chi connectivity index (χ0v) is 15.7. The Morgan fingerprint density at radius 1 is 1.15 bits per heavy atom. The average molecular weight is 431 g/mol. The number of nitrogens with zero attached hydrogens (tertiary/aromatic N) is 2. The molecule has 3 rings (SSSR count). The summed E-state index contributed by atoms with van der Waals surface area (Å²) >= 11 is 9.47. The predicted molar refractivity (Wildman–Crippen MR) is 107 cm³/mol. The maximum Gasteiger partial charge on any atom is 0.337 e. The van der Waals surface area contributed by atoms with E-state index in [2.05, 4.69) is 31.2 Å². The lowest BCUT2D eigenvalue weighted by Gasteiger charge is -2.12. The molecule has 0 spiro atoms. The van der Waals surface area contributed by atoms with Gasteiger partial charge in [0, 0.05) is 23.0 Å². The number of para-hydroxylation sites is 1. The van der Waals surface area contributed by atoms with Gasteiger partial charge in [-0.1, -0.05) is 23.7 Å². The Bertz CT molecular complexity index is 992. The molecule has 1 heterocycles. The molecule has 130 valence electrons. The number of carboxylic acid groups (broad SMARTS) is 1. The van der Waals surface area contributed by atoms with Gasteiger partial charge < -0.3 is 10.4 Å². The molecule has 3 aromatic rings. The molecule has 2 aromatic carbocycles. The second kappa shape index (κ2) is 8.12. The van der Waals surface area contributed by atoms with Gasteiger partial charge in [0.1, 0.15) is 4.60 Å². The Morgan fingerprint density at radius 3 is 2.73 bits per heavy atom. The summed E-state index contributed by atoms with van der Waals surface area (Å²) < 4.78 is 0.677. The summed E-state index contributed by atoms with van der Waals surface area (Å²) in [7, 11) is 0. The number of halogens is 2. The molecule has 0 bridgehead atoms. The number of hydrogen-bond acceptors (Lipinski definition) is 4. The molecule has 0 aliphatic carbocycles. The number of rotatable bonds is 5. The maximum atomic E-state index is 11.4. The number of aliphatic imine (C=N–C) groups is 1. The SMILES string of the molecule is O=C(O)c1ccccc1Nc1ccc(Cl)cc1N=Cc1cccnc1Br. The Balaban J connectivity index is 1.97. The van der Waals surface area contributed by atoms with E-state index >= 15 is 0 Å². The quantitative estimate of drug-likeness (QED) is 0.403. The zero-order chi connectivity index (χ0) is 18.5. The third kappa shape index (κ3) is 4.28. The topological polar surface area (TPSA) is 74.6 Å². The van der Waals surface area contributed by atoms with E-state index in [-0.39, 0.29) is 5.56 Å². The smallest absolute Gasteiger partial charge is 0.337 e. The lowest BCUT2D eigenvalue weighted by atomic mass is 10.1. The molecule has 0 saturated carbocycles. The second-order valence-electron chi connectivity index (χ2n) is 5.28. The van der Waals surface area contributed by atoms with E-state index in [9.17, 15) is 9.90 Å². The molecular formula is C19H13BrClN3O2. The first-order chi connectivity index (χ1) is 12.5. The Labute approximate surface area is 163 Å². The largest absolute Gasteiger partial charge is 0.478 e. The highest BCUT2D eigenvalue weighted by Crippen LogP contribution is 2.32. The number of nitrogens with one attached hydrogen (secondary N) is 1. The summed E-state index contributed by atoms with van der Waals surface area (Å²) in [5.74, 6) is -1.01. The van der Waals surface area contributed by atoms with Gasteiger partial charge in [-0.3, -0.25) is 4.99 Å². The highest BCUT2D eigenvalue weighted by atomic mass is 79.9. The van der Waals surface area contributed by atoms with Gasteiger partial charge in [-0.05, 0) is 58.4 Å². The third-order valence-corrected chi connectivity index (χ3v) is 4.41. The molecule has 7 heteroatoms. The lowest BCUT2D eigenvalue weighted by molar-refractivity contribution is 0.0698. The van der Waals surface area contributed by atoms with Crippen molar-refractivity contribution in [2.45, 2.75) is 0 Å². The molecular weight excluding hydrogens is 418 g/mol. The van der Waals surface area contributed by atoms with Gasteiger partial charge >= 0.3 is 5.97 Å². The molecule has 0 amide bonds. The van der Waals surface area contributed by atoms with Gasteiger partial charge in [0.25, 0.3) is 0 Å². The van der Waals surface area contributed by atoms with Crippen LogP contribution in [0, 0.1) is 0 Å². The molecule has 0 atom stereocenters. The highest BCUT2D eigenvalue weighted by molar-refractivity contribution is 9.10. The first kappa shape index (κ1) is 18.1. The van der Waals surface area contributed by atoms with Crippen LogP contribution in [0.15, 0.2) is 70.4 Å². The van der Waals surface area contributed by atoms with E-state index in [0.29, 0.717) is 26.7 Å². The van der Waals surface area contributed by atoms with Crippen LogP contribution in [0.4, 0.5) is 17.1 Å². The van der Waals surface area contributed by atoms with Gasteiger partial charge in [-0.15, -0.1) is 0 Å². The number of aromatic carboxylic acids is 1. The van der Waals surface area contributed by atoms with Crippen LogP contribution in [0.25, 0.3) is 0 Å². The van der Waals surface area contributed by atoms with Crippen LogP contribution in [-0.4, -0.2) is 22.3 Å². The van der Waals surface area contributed by atoms with Crippen LogP contribution >= 0.6 is 27.5 Å². The van der Waals surface area contributed by atoms with E-state index in [1.54, 1.807) is 48.8 Å². The summed E-state index contributed by atoms with van der Waals surface area (Å²) in [6, 6.07) is 15.5. The first-order valence-corrected chi connectivity index (χ1v) is 8.75. The third-order valence-electron chi connectivity index (χ3n) is 3.52. The minimum absolute atomic E-state index is 0.174. The minimum Gasteiger partial charge on any atom is -0.478 e. The predicted octanol–water partition coefficient (Wildman–Crippen LogP) is 5.69. The molecule has 0 saturated heterocycles. The van der Waals surface area contributed by atoms with Gasteiger partial charge in [-0.2, -0.15) is 0 Å². The monoisotopic (exact) mass is 429 g/mol. The molecule has 1 aromatic heterocycles. The fourth-order valence-corrected chi connectivity index (χ4v) is 2.79. The van der Waals surface area contributed by atoms with Crippen molar-refractivity contribution < 1.29 is 9.90 Å². The fraction of sp³-hybridized carbons (Fsp3) is 0. The number of aromatic nitrogens is 1. The molecule has 0 aliphatic rings. The normalized spacial score (nSPS) is 10.8. The van der Waals surface area contributed by atoms with Crippen molar-refractivity contribution in [3.05, 3.63) is 81.5 Å². The van der Waals surface area contributed by atoms with Crippen molar-refractivity contribution in [1.29, 1.82) is 0 Å². The van der Waals surface area contributed by atoms with E-state index in [0.717, 1.165) is 5.56 Å². The number of hydrogen-bond donors (Lipinski definition) is 2. The molecule has 26 heavy (non-hydrogen) atoms. The average Bonchev–Trinajstić information content (AvgIpc) is 2.63.